The average Bonchev–Trinajstić information content (AvgIpc) is 2.65. The van der Waals surface area contributed by atoms with E-state index in [0.717, 1.165) is 11.5 Å². The Morgan fingerprint density at radius 1 is 1.71 bits per heavy atom. The molecule has 1 atom stereocenters. The van der Waals surface area contributed by atoms with Gasteiger partial charge < -0.3 is 9.82 Å². The molecule has 0 aliphatic heterocycles. The van der Waals surface area contributed by atoms with Gasteiger partial charge in [-0.25, -0.2) is 4.39 Å². The number of carbonyl (C=O) groups excluding carboxylic acids is 1. The Morgan fingerprint density at radius 3 is 2.82 bits per heavy atom. The van der Waals surface area contributed by atoms with E-state index in [1.807, 2.05) is 0 Å². The summed E-state index contributed by atoms with van der Waals surface area (Å²) in [4.78, 5) is 14.9. The van der Waals surface area contributed by atoms with Gasteiger partial charge in [-0.3, -0.25) is 10.5 Å². The molecule has 0 radical (unpaired) electrons. The van der Waals surface area contributed by atoms with E-state index in [9.17, 15) is 9.18 Å². The number of anilines is 1. The molecule has 0 aliphatic carbocycles. The average molecular weight is 342 g/mol. The standard InChI is InChI=1S/C5H5Cl3FN4O2PS/c6-2(14)5(10,15-1-9)3-11-4(17-13-3)12-16(7)8/h1,10H2,(H,11,12,13). The summed E-state index contributed by atoms with van der Waals surface area (Å²) in [6, 6.07) is 0. The van der Waals surface area contributed by atoms with Crippen LogP contribution in [0.4, 0.5) is 9.52 Å². The van der Waals surface area contributed by atoms with Gasteiger partial charge in [0.2, 0.25) is 11.0 Å². The van der Waals surface area contributed by atoms with Crippen LogP contribution >= 0.6 is 52.4 Å². The van der Waals surface area contributed by atoms with Crippen molar-refractivity contribution < 1.29 is 13.9 Å². The maximum Gasteiger partial charge on any atom is 0.276 e. The molecule has 0 spiro atoms. The molecule has 0 aliphatic rings. The second-order valence-corrected chi connectivity index (χ2v) is 6.86. The van der Waals surface area contributed by atoms with Crippen molar-refractivity contribution in [1.29, 1.82) is 0 Å². The summed E-state index contributed by atoms with van der Waals surface area (Å²) in [5.74, 6) is -0.271. The normalized spacial score (nSPS) is 14.7. The first kappa shape index (κ1) is 15.2. The summed E-state index contributed by atoms with van der Waals surface area (Å²) in [5.41, 5.74) is 3.24. The minimum atomic E-state index is -2.23. The van der Waals surface area contributed by atoms with Crippen LogP contribution in [0.2, 0.25) is 0 Å². The van der Waals surface area contributed by atoms with Crippen LogP contribution in [0.3, 0.4) is 0 Å². The van der Waals surface area contributed by atoms with Crippen LogP contribution < -0.4 is 10.8 Å². The van der Waals surface area contributed by atoms with E-state index in [2.05, 4.69) is 19.2 Å². The lowest BCUT2D eigenvalue weighted by Crippen LogP contribution is -2.46. The van der Waals surface area contributed by atoms with Crippen LogP contribution in [0.25, 0.3) is 0 Å². The Bertz CT molecular complexity index is 410. The molecule has 17 heavy (non-hydrogen) atoms. The third-order valence-electron chi connectivity index (χ3n) is 1.51. The van der Waals surface area contributed by atoms with E-state index in [1.165, 1.54) is 0 Å². The number of aromatic nitrogens is 2. The molecule has 1 rings (SSSR count). The van der Waals surface area contributed by atoms with E-state index in [-0.39, 0.29) is 11.0 Å². The molecule has 1 aromatic heterocycles. The Labute approximate surface area is 115 Å². The van der Waals surface area contributed by atoms with Crippen molar-refractivity contribution in [2.24, 2.45) is 5.73 Å². The molecule has 1 unspecified atom stereocenters. The molecule has 0 saturated carbocycles. The summed E-state index contributed by atoms with van der Waals surface area (Å²) >= 11 is 17.0. The summed E-state index contributed by atoms with van der Waals surface area (Å²) in [6.45, 7) is -2.80. The van der Waals surface area contributed by atoms with Gasteiger partial charge in [-0.05, 0) is 11.6 Å². The molecular weight excluding hydrogens is 336 g/mol. The highest BCUT2D eigenvalue weighted by Gasteiger charge is 2.40. The maximum absolute atomic E-state index is 12.1. The molecule has 12 heteroatoms. The summed E-state index contributed by atoms with van der Waals surface area (Å²) in [5, 5.41) is 1.63. The molecule has 1 aromatic rings. The topological polar surface area (TPSA) is 90.1 Å². The monoisotopic (exact) mass is 340 g/mol. The predicted molar refractivity (Wildman–Crippen MR) is 65.9 cm³/mol. The van der Waals surface area contributed by atoms with Gasteiger partial charge >= 0.3 is 0 Å². The number of nitrogens with one attached hydrogen (secondary N) is 1. The third kappa shape index (κ3) is 3.82. The van der Waals surface area contributed by atoms with Crippen LogP contribution in [0.15, 0.2) is 0 Å². The minimum Gasteiger partial charge on any atom is -0.315 e. The van der Waals surface area contributed by atoms with Crippen molar-refractivity contribution in [3.63, 3.8) is 0 Å². The van der Waals surface area contributed by atoms with Crippen molar-refractivity contribution in [2.45, 2.75) is 5.72 Å². The fourth-order valence-corrected chi connectivity index (χ4v) is 2.82. The highest BCUT2D eigenvalue weighted by molar-refractivity contribution is 8.04. The quantitative estimate of drug-likeness (QED) is 0.469. The summed E-state index contributed by atoms with van der Waals surface area (Å²) < 4.78 is 20.3. The van der Waals surface area contributed by atoms with Crippen molar-refractivity contribution in [2.75, 3.05) is 11.9 Å². The number of ether oxygens (including phenoxy) is 1. The van der Waals surface area contributed by atoms with Gasteiger partial charge in [0.25, 0.3) is 11.0 Å². The molecule has 0 aromatic carbocycles. The van der Waals surface area contributed by atoms with Gasteiger partial charge in [0.1, 0.15) is 0 Å². The zero-order valence-electron chi connectivity index (χ0n) is 7.86. The van der Waals surface area contributed by atoms with Crippen LogP contribution in [-0.4, -0.2) is 21.5 Å². The van der Waals surface area contributed by atoms with Gasteiger partial charge in [-0.2, -0.15) is 9.36 Å². The first-order chi connectivity index (χ1) is 7.90. The Hall–Kier alpha value is 0.180. The third-order valence-corrected chi connectivity index (χ3v) is 3.46. The number of alkyl halides is 1. The first-order valence-electron chi connectivity index (χ1n) is 3.81. The lowest BCUT2D eigenvalue weighted by Gasteiger charge is -2.19. The largest absolute Gasteiger partial charge is 0.315 e. The van der Waals surface area contributed by atoms with Gasteiger partial charge in [0, 0.05) is 11.5 Å². The summed E-state index contributed by atoms with van der Waals surface area (Å²) in [7, 11) is 0. The van der Waals surface area contributed by atoms with Gasteiger partial charge in [0.05, 0.1) is 0 Å². The van der Waals surface area contributed by atoms with Crippen molar-refractivity contribution in [3.8, 4) is 0 Å². The van der Waals surface area contributed by atoms with E-state index in [1.54, 1.807) is 0 Å². The zero-order chi connectivity index (χ0) is 13.1. The molecular formula is C5H5Cl3FN4O2PS. The molecule has 3 N–H and O–H groups in total. The second kappa shape index (κ2) is 6.38. The lowest BCUT2D eigenvalue weighted by atomic mass is 10.2. The molecule has 0 fully saturated rings. The molecule has 1 heterocycles. The van der Waals surface area contributed by atoms with Gasteiger partial charge in [-0.1, -0.05) is 22.5 Å². The van der Waals surface area contributed by atoms with Crippen molar-refractivity contribution >= 4 is 62.8 Å². The van der Waals surface area contributed by atoms with Crippen LogP contribution in [0.5, 0.6) is 0 Å². The smallest absolute Gasteiger partial charge is 0.276 e. The van der Waals surface area contributed by atoms with Gasteiger partial charge in [-0.15, -0.1) is 0 Å². The number of nitrogens with zero attached hydrogens (tertiary/aromatic N) is 2. The minimum absolute atomic E-state index is 0.214. The fraction of sp³-hybridized carbons (Fsp3) is 0.400. The van der Waals surface area contributed by atoms with Crippen LogP contribution in [0, 0.1) is 0 Å². The fourth-order valence-electron chi connectivity index (χ4n) is 0.787. The zero-order valence-corrected chi connectivity index (χ0v) is 11.8. The SMILES string of the molecule is NC(OCF)(C(=O)Cl)c1nsc(NP(Cl)Cl)n1. The number of nitrogens with two attached hydrogens (primary N) is 1. The number of hydrogen-bond acceptors (Lipinski definition) is 7. The van der Waals surface area contributed by atoms with Crippen LogP contribution in [0.1, 0.15) is 5.82 Å². The Balaban J connectivity index is 2.96. The molecule has 0 bridgehead atoms. The van der Waals surface area contributed by atoms with E-state index in [0.29, 0.717) is 0 Å². The lowest BCUT2D eigenvalue weighted by molar-refractivity contribution is -0.145. The van der Waals surface area contributed by atoms with E-state index >= 15 is 0 Å². The number of hydrogen-bond donors (Lipinski definition) is 2. The predicted octanol–water partition coefficient (Wildman–Crippen LogP) is 2.48. The highest BCUT2D eigenvalue weighted by atomic mass is 35.9. The van der Waals surface area contributed by atoms with Crippen molar-refractivity contribution in [1.82, 2.24) is 9.36 Å². The molecule has 96 valence electrons. The van der Waals surface area contributed by atoms with Crippen molar-refractivity contribution in [3.05, 3.63) is 5.82 Å². The van der Waals surface area contributed by atoms with Gasteiger partial charge in [0.15, 0.2) is 13.6 Å². The number of carbonyl (C=O) groups is 1. The first-order valence-corrected chi connectivity index (χ1v) is 8.11. The van der Waals surface area contributed by atoms with E-state index < -0.39 is 24.6 Å². The Kier molecular flexibility index (Phi) is 5.72. The Morgan fingerprint density at radius 2 is 2.35 bits per heavy atom. The second-order valence-electron chi connectivity index (χ2n) is 2.53. The van der Waals surface area contributed by atoms with Crippen LogP contribution in [-0.2, 0) is 15.3 Å². The molecule has 0 amide bonds. The number of rotatable bonds is 6. The maximum atomic E-state index is 12.1. The molecule has 6 nitrogen and oxygen atoms in total. The molecule has 0 saturated heterocycles. The number of halogens is 4. The van der Waals surface area contributed by atoms with E-state index in [4.69, 9.17) is 39.8 Å². The highest BCUT2D eigenvalue weighted by Crippen LogP contribution is 2.46. The summed E-state index contributed by atoms with van der Waals surface area (Å²) in [6.07, 6.45) is 0.